The summed E-state index contributed by atoms with van der Waals surface area (Å²) < 4.78 is 1.36. The first kappa shape index (κ1) is 21.4. The number of carbonyl (C=O) groups is 1. The average molecular weight is 470 g/mol. The molecule has 0 aliphatic carbocycles. The van der Waals surface area contributed by atoms with Gasteiger partial charge in [-0.05, 0) is 36.1 Å². The van der Waals surface area contributed by atoms with Crippen molar-refractivity contribution < 1.29 is 4.79 Å². The van der Waals surface area contributed by atoms with Gasteiger partial charge in [0.05, 0.1) is 16.8 Å². The molecular formula is C22H20ClN5OS2. The van der Waals surface area contributed by atoms with Crippen molar-refractivity contribution in [3.63, 3.8) is 0 Å². The SMILES string of the molecule is Cc1ccc(C(NC(=O)CSc2nnc(-c3ccccc3Cl)n2N)c2cccs2)cc1. The molecule has 158 valence electrons. The molecule has 0 saturated carbocycles. The largest absolute Gasteiger partial charge is 0.344 e. The van der Waals surface area contributed by atoms with E-state index in [-0.39, 0.29) is 17.7 Å². The molecule has 2 aromatic carbocycles. The van der Waals surface area contributed by atoms with Gasteiger partial charge in [-0.15, -0.1) is 21.5 Å². The molecule has 0 spiro atoms. The van der Waals surface area contributed by atoms with Gasteiger partial charge in [-0.3, -0.25) is 4.79 Å². The van der Waals surface area contributed by atoms with Crippen molar-refractivity contribution in [2.75, 3.05) is 11.6 Å². The van der Waals surface area contributed by atoms with Crippen LogP contribution in [-0.4, -0.2) is 26.5 Å². The van der Waals surface area contributed by atoms with Crippen molar-refractivity contribution in [1.29, 1.82) is 0 Å². The minimum Gasteiger partial charge on any atom is -0.344 e. The number of aryl methyl sites for hydroxylation is 1. The van der Waals surface area contributed by atoms with E-state index in [1.54, 1.807) is 17.4 Å². The average Bonchev–Trinajstić information content (AvgIpc) is 3.42. The molecule has 0 saturated heterocycles. The fourth-order valence-corrected chi connectivity index (χ4v) is 4.76. The number of thiophene rings is 1. The number of benzene rings is 2. The van der Waals surface area contributed by atoms with Crippen molar-refractivity contribution in [3.8, 4) is 11.4 Å². The normalized spacial score (nSPS) is 11.9. The minimum atomic E-state index is -0.205. The summed E-state index contributed by atoms with van der Waals surface area (Å²) >= 11 is 9.07. The van der Waals surface area contributed by atoms with Crippen LogP contribution in [0.15, 0.2) is 71.2 Å². The van der Waals surface area contributed by atoms with E-state index in [9.17, 15) is 4.79 Å². The zero-order valence-electron chi connectivity index (χ0n) is 16.7. The lowest BCUT2D eigenvalue weighted by Gasteiger charge is -2.18. The highest BCUT2D eigenvalue weighted by molar-refractivity contribution is 7.99. The van der Waals surface area contributed by atoms with E-state index in [2.05, 4.69) is 15.5 Å². The molecule has 31 heavy (non-hydrogen) atoms. The number of amides is 1. The van der Waals surface area contributed by atoms with Gasteiger partial charge in [0.1, 0.15) is 0 Å². The minimum absolute atomic E-state index is 0.119. The van der Waals surface area contributed by atoms with E-state index in [4.69, 9.17) is 17.4 Å². The standard InChI is InChI=1S/C22H20ClN5OS2/c1-14-8-10-15(11-9-14)20(18-7-4-12-30-18)25-19(29)13-31-22-27-26-21(28(22)24)16-5-2-3-6-17(16)23/h2-12,20H,13,24H2,1H3,(H,25,29). The van der Waals surface area contributed by atoms with Crippen molar-refractivity contribution in [1.82, 2.24) is 20.2 Å². The highest BCUT2D eigenvalue weighted by Gasteiger charge is 2.20. The summed E-state index contributed by atoms with van der Waals surface area (Å²) in [6.07, 6.45) is 0. The van der Waals surface area contributed by atoms with Gasteiger partial charge in [-0.1, -0.05) is 71.4 Å². The summed E-state index contributed by atoms with van der Waals surface area (Å²) in [5, 5.41) is 14.4. The number of nitrogens with two attached hydrogens (primary N) is 1. The molecule has 1 atom stereocenters. The Morgan fingerprint density at radius 2 is 1.94 bits per heavy atom. The van der Waals surface area contributed by atoms with Crippen LogP contribution in [0.3, 0.4) is 0 Å². The van der Waals surface area contributed by atoms with Gasteiger partial charge in [-0.2, -0.15) is 0 Å². The first-order chi connectivity index (χ1) is 15.0. The van der Waals surface area contributed by atoms with Crippen LogP contribution in [0.5, 0.6) is 0 Å². The van der Waals surface area contributed by atoms with Crippen molar-refractivity contribution in [2.24, 2.45) is 0 Å². The monoisotopic (exact) mass is 469 g/mol. The maximum atomic E-state index is 12.8. The van der Waals surface area contributed by atoms with E-state index >= 15 is 0 Å². The van der Waals surface area contributed by atoms with Crippen molar-refractivity contribution >= 4 is 40.6 Å². The highest BCUT2D eigenvalue weighted by Crippen LogP contribution is 2.29. The topological polar surface area (TPSA) is 85.8 Å². The molecule has 2 aromatic heterocycles. The van der Waals surface area contributed by atoms with E-state index in [1.807, 2.05) is 66.9 Å². The second-order valence-corrected chi connectivity index (χ2v) is 9.20. The van der Waals surface area contributed by atoms with E-state index in [0.29, 0.717) is 21.6 Å². The molecule has 0 aliphatic rings. The van der Waals surface area contributed by atoms with E-state index in [0.717, 1.165) is 10.4 Å². The van der Waals surface area contributed by atoms with E-state index in [1.165, 1.54) is 22.0 Å². The molecule has 6 nitrogen and oxygen atoms in total. The molecule has 4 rings (SSSR count). The van der Waals surface area contributed by atoms with Gasteiger partial charge in [0.15, 0.2) is 5.82 Å². The Bertz CT molecular complexity index is 1180. The number of hydrogen-bond acceptors (Lipinski definition) is 6. The molecule has 2 heterocycles. The third kappa shape index (κ3) is 4.92. The number of aromatic nitrogens is 3. The summed E-state index contributed by atoms with van der Waals surface area (Å²) in [5.74, 6) is 6.64. The molecular weight excluding hydrogens is 450 g/mol. The summed E-state index contributed by atoms with van der Waals surface area (Å²) in [5.41, 5.74) is 2.90. The lowest BCUT2D eigenvalue weighted by atomic mass is 10.0. The van der Waals surface area contributed by atoms with E-state index < -0.39 is 0 Å². The van der Waals surface area contributed by atoms with Gasteiger partial charge < -0.3 is 11.2 Å². The maximum absolute atomic E-state index is 12.8. The van der Waals surface area contributed by atoms with Crippen molar-refractivity contribution in [2.45, 2.75) is 18.1 Å². The molecule has 9 heteroatoms. The second kappa shape index (κ2) is 9.55. The summed E-state index contributed by atoms with van der Waals surface area (Å²) in [7, 11) is 0. The van der Waals surface area contributed by atoms with Crippen molar-refractivity contribution in [3.05, 3.63) is 87.1 Å². The molecule has 1 unspecified atom stereocenters. The summed E-state index contributed by atoms with van der Waals surface area (Å²) in [4.78, 5) is 13.8. The predicted molar refractivity (Wildman–Crippen MR) is 127 cm³/mol. The number of hydrogen-bond donors (Lipinski definition) is 2. The lowest BCUT2D eigenvalue weighted by molar-refractivity contribution is -0.119. The predicted octanol–water partition coefficient (Wildman–Crippen LogP) is 4.68. The number of thioether (sulfide) groups is 1. The smallest absolute Gasteiger partial charge is 0.231 e. The maximum Gasteiger partial charge on any atom is 0.231 e. The van der Waals surface area contributed by atoms with Crippen LogP contribution in [0.2, 0.25) is 5.02 Å². The van der Waals surface area contributed by atoms with Crippen LogP contribution in [0.4, 0.5) is 0 Å². The Balaban J connectivity index is 1.46. The summed E-state index contributed by atoms with van der Waals surface area (Å²) in [6.45, 7) is 2.04. The number of nitrogens with zero attached hydrogens (tertiary/aromatic N) is 3. The molecule has 0 bridgehead atoms. The summed E-state index contributed by atoms with van der Waals surface area (Å²) in [6, 6.07) is 19.2. The molecule has 0 fully saturated rings. The molecule has 3 N–H and O–H groups in total. The van der Waals surface area contributed by atoms with Crippen LogP contribution < -0.4 is 11.2 Å². The van der Waals surface area contributed by atoms with Gasteiger partial charge in [0.2, 0.25) is 11.1 Å². The Morgan fingerprint density at radius 3 is 2.65 bits per heavy atom. The van der Waals surface area contributed by atoms with Crippen LogP contribution in [0.25, 0.3) is 11.4 Å². The quantitative estimate of drug-likeness (QED) is 0.303. The van der Waals surface area contributed by atoms with Gasteiger partial charge >= 0.3 is 0 Å². The number of nitrogens with one attached hydrogen (secondary N) is 1. The lowest BCUT2D eigenvalue weighted by Crippen LogP contribution is -2.30. The molecule has 0 aliphatic heterocycles. The highest BCUT2D eigenvalue weighted by atomic mass is 35.5. The Morgan fingerprint density at radius 1 is 1.16 bits per heavy atom. The van der Waals surface area contributed by atoms with Crippen LogP contribution in [0.1, 0.15) is 22.0 Å². The van der Waals surface area contributed by atoms with Crippen LogP contribution in [0, 0.1) is 6.92 Å². The third-order valence-electron chi connectivity index (χ3n) is 4.66. The van der Waals surface area contributed by atoms with Crippen LogP contribution in [-0.2, 0) is 4.79 Å². The van der Waals surface area contributed by atoms with Gasteiger partial charge in [0, 0.05) is 10.4 Å². The third-order valence-corrected chi connectivity index (χ3v) is 6.87. The zero-order valence-corrected chi connectivity index (χ0v) is 19.0. The van der Waals surface area contributed by atoms with Crippen LogP contribution >= 0.6 is 34.7 Å². The number of halogens is 1. The first-order valence-corrected chi connectivity index (χ1v) is 11.7. The fraction of sp³-hybridized carbons (Fsp3) is 0.136. The Hall–Kier alpha value is -2.81. The first-order valence-electron chi connectivity index (χ1n) is 9.50. The Kier molecular flexibility index (Phi) is 6.60. The van der Waals surface area contributed by atoms with Gasteiger partial charge in [0.25, 0.3) is 0 Å². The fourth-order valence-electron chi connectivity index (χ4n) is 3.07. The van der Waals surface area contributed by atoms with Gasteiger partial charge in [-0.25, -0.2) is 4.68 Å². The number of nitrogen functional groups attached to an aromatic ring is 1. The Labute approximate surface area is 193 Å². The number of carbonyl (C=O) groups excluding carboxylic acids is 1. The second-order valence-electron chi connectivity index (χ2n) is 6.87. The molecule has 4 aromatic rings. The number of rotatable bonds is 7. The molecule has 1 amide bonds. The molecule has 0 radical (unpaired) electrons. The zero-order chi connectivity index (χ0) is 21.8.